The lowest BCUT2D eigenvalue weighted by Gasteiger charge is -2.32. The van der Waals surface area contributed by atoms with Crippen LogP contribution in [-0.4, -0.2) is 27.3 Å². The molecular weight excluding hydrogens is 392 g/mol. The van der Waals surface area contributed by atoms with Crippen molar-refractivity contribution in [3.8, 4) is 0 Å². The third kappa shape index (κ3) is 4.53. The summed E-state index contributed by atoms with van der Waals surface area (Å²) in [5.41, 5.74) is 8.73. The Morgan fingerprint density at radius 1 is 1.00 bits per heavy atom. The number of benzene rings is 1. The molecule has 0 spiro atoms. The van der Waals surface area contributed by atoms with E-state index in [1.807, 2.05) is 42.5 Å². The molecule has 1 amide bonds. The van der Waals surface area contributed by atoms with Gasteiger partial charge in [0.2, 0.25) is 5.91 Å². The average Bonchev–Trinajstić information content (AvgIpc) is 2.65. The lowest BCUT2D eigenvalue weighted by Crippen LogP contribution is -2.37. The van der Waals surface area contributed by atoms with Gasteiger partial charge in [0.25, 0.3) is 0 Å². The second-order valence-corrected chi connectivity index (χ2v) is 6.79. The van der Waals surface area contributed by atoms with Gasteiger partial charge in [0.05, 0.1) is 12.6 Å². The number of primary amides is 1. The van der Waals surface area contributed by atoms with Crippen molar-refractivity contribution in [3.05, 3.63) is 94.5 Å². The fraction of sp³-hybridized carbons (Fsp3) is 0.150. The largest absolute Gasteiger partial charge is 0.369 e. The topological polar surface area (TPSA) is 72.1 Å². The van der Waals surface area contributed by atoms with Crippen LogP contribution in [0.3, 0.4) is 0 Å². The summed E-state index contributed by atoms with van der Waals surface area (Å²) in [5.74, 6) is -0.370. The molecule has 0 aliphatic carbocycles. The number of nitrogens with two attached hydrogens (primary N) is 1. The third-order valence-electron chi connectivity index (χ3n) is 4.08. The molecule has 2 heterocycles. The summed E-state index contributed by atoms with van der Waals surface area (Å²) in [5, 5.41) is 0. The molecule has 0 aliphatic heterocycles. The summed E-state index contributed by atoms with van der Waals surface area (Å²) in [4.78, 5) is 22.0. The van der Waals surface area contributed by atoms with E-state index in [0.29, 0.717) is 6.54 Å². The van der Waals surface area contributed by atoms with Gasteiger partial charge in [-0.25, -0.2) is 0 Å². The highest BCUT2D eigenvalue weighted by Crippen LogP contribution is 2.34. The van der Waals surface area contributed by atoms with Crippen LogP contribution in [0.4, 0.5) is 0 Å². The van der Waals surface area contributed by atoms with E-state index in [-0.39, 0.29) is 18.5 Å². The van der Waals surface area contributed by atoms with Crippen molar-refractivity contribution >= 4 is 21.8 Å². The predicted octanol–water partition coefficient (Wildman–Crippen LogP) is 3.32. The molecule has 0 saturated heterocycles. The van der Waals surface area contributed by atoms with E-state index in [0.717, 1.165) is 21.2 Å². The Bertz CT molecular complexity index is 858. The van der Waals surface area contributed by atoms with Crippen LogP contribution in [0.2, 0.25) is 0 Å². The molecule has 6 heteroatoms. The molecule has 5 nitrogen and oxygen atoms in total. The Morgan fingerprint density at radius 2 is 1.62 bits per heavy atom. The number of halogens is 1. The Hall–Kier alpha value is -2.57. The van der Waals surface area contributed by atoms with Crippen molar-refractivity contribution in [1.82, 2.24) is 14.9 Å². The monoisotopic (exact) mass is 410 g/mol. The van der Waals surface area contributed by atoms with E-state index in [2.05, 4.69) is 36.9 Å². The number of carbonyl (C=O) groups excluding carboxylic acids is 1. The number of aromatic nitrogens is 2. The van der Waals surface area contributed by atoms with E-state index < -0.39 is 0 Å². The van der Waals surface area contributed by atoms with E-state index in [9.17, 15) is 4.79 Å². The summed E-state index contributed by atoms with van der Waals surface area (Å²) in [6, 6.07) is 15.7. The fourth-order valence-electron chi connectivity index (χ4n) is 2.99. The summed E-state index contributed by atoms with van der Waals surface area (Å²) in [7, 11) is 0. The van der Waals surface area contributed by atoms with Crippen LogP contribution in [-0.2, 0) is 11.3 Å². The molecular formula is C20H19BrN4O. The molecule has 0 fully saturated rings. The standard InChI is InChI=1S/C20H19BrN4O/c21-18-4-2-1-3-17(18)20(16-7-11-24-12-8-16)25(14-19(22)26)13-15-5-9-23-10-6-15/h1-12,20H,13-14H2,(H2,22,26). The van der Waals surface area contributed by atoms with Crippen LogP contribution in [0.5, 0.6) is 0 Å². The van der Waals surface area contributed by atoms with Crippen LogP contribution in [0.25, 0.3) is 0 Å². The molecule has 0 aliphatic rings. The van der Waals surface area contributed by atoms with Gasteiger partial charge in [0.15, 0.2) is 0 Å². The highest BCUT2D eigenvalue weighted by atomic mass is 79.9. The number of nitrogens with zero attached hydrogens (tertiary/aromatic N) is 3. The quantitative estimate of drug-likeness (QED) is 0.648. The van der Waals surface area contributed by atoms with Gasteiger partial charge in [0.1, 0.15) is 0 Å². The molecule has 26 heavy (non-hydrogen) atoms. The van der Waals surface area contributed by atoms with Gasteiger partial charge in [-0.1, -0.05) is 34.1 Å². The molecule has 0 radical (unpaired) electrons. The smallest absolute Gasteiger partial charge is 0.231 e. The Morgan fingerprint density at radius 3 is 2.23 bits per heavy atom. The van der Waals surface area contributed by atoms with Crippen molar-refractivity contribution in [3.63, 3.8) is 0 Å². The number of hydrogen-bond donors (Lipinski definition) is 1. The van der Waals surface area contributed by atoms with Crippen molar-refractivity contribution in [2.45, 2.75) is 12.6 Å². The highest BCUT2D eigenvalue weighted by molar-refractivity contribution is 9.10. The Labute approximate surface area is 161 Å². The van der Waals surface area contributed by atoms with Gasteiger partial charge < -0.3 is 5.73 Å². The highest BCUT2D eigenvalue weighted by Gasteiger charge is 2.25. The minimum atomic E-state index is -0.370. The third-order valence-corrected chi connectivity index (χ3v) is 4.80. The van der Waals surface area contributed by atoms with Crippen molar-refractivity contribution in [2.24, 2.45) is 5.73 Å². The summed E-state index contributed by atoms with van der Waals surface area (Å²) in [6.45, 7) is 0.705. The number of rotatable bonds is 7. The molecule has 0 bridgehead atoms. The number of carbonyl (C=O) groups is 1. The van der Waals surface area contributed by atoms with E-state index >= 15 is 0 Å². The van der Waals surface area contributed by atoms with Crippen LogP contribution in [0, 0.1) is 0 Å². The molecule has 2 N–H and O–H groups in total. The predicted molar refractivity (Wildman–Crippen MR) is 104 cm³/mol. The second kappa shape index (κ2) is 8.69. The molecule has 1 aromatic carbocycles. The average molecular weight is 411 g/mol. The van der Waals surface area contributed by atoms with Crippen LogP contribution < -0.4 is 5.73 Å². The lowest BCUT2D eigenvalue weighted by molar-refractivity contribution is -0.119. The SMILES string of the molecule is NC(=O)CN(Cc1ccncc1)C(c1ccncc1)c1ccccc1Br. The zero-order chi connectivity index (χ0) is 18.4. The summed E-state index contributed by atoms with van der Waals surface area (Å²) in [6.07, 6.45) is 7.01. The summed E-state index contributed by atoms with van der Waals surface area (Å²) < 4.78 is 0.978. The molecule has 1 atom stereocenters. The first kappa shape index (κ1) is 18.2. The Kier molecular flexibility index (Phi) is 6.09. The number of hydrogen-bond acceptors (Lipinski definition) is 4. The number of amides is 1. The van der Waals surface area contributed by atoms with Crippen LogP contribution in [0.1, 0.15) is 22.7 Å². The van der Waals surface area contributed by atoms with Gasteiger partial charge in [-0.3, -0.25) is 19.7 Å². The molecule has 0 saturated carbocycles. The summed E-state index contributed by atoms with van der Waals surface area (Å²) >= 11 is 3.65. The van der Waals surface area contributed by atoms with E-state index in [1.54, 1.807) is 24.8 Å². The van der Waals surface area contributed by atoms with Gasteiger partial charge in [0, 0.05) is 35.8 Å². The molecule has 2 aromatic heterocycles. The molecule has 3 rings (SSSR count). The molecule has 1 unspecified atom stereocenters. The second-order valence-electron chi connectivity index (χ2n) is 5.93. The normalized spacial score (nSPS) is 12.1. The molecule has 132 valence electrons. The fourth-order valence-corrected chi connectivity index (χ4v) is 3.49. The maximum atomic E-state index is 11.8. The van der Waals surface area contributed by atoms with Crippen LogP contribution in [0.15, 0.2) is 77.8 Å². The van der Waals surface area contributed by atoms with Crippen molar-refractivity contribution in [1.29, 1.82) is 0 Å². The molecule has 3 aromatic rings. The van der Waals surface area contributed by atoms with Crippen molar-refractivity contribution < 1.29 is 4.79 Å². The lowest BCUT2D eigenvalue weighted by atomic mass is 9.97. The first-order valence-corrected chi connectivity index (χ1v) is 9.00. The Balaban J connectivity index is 2.06. The van der Waals surface area contributed by atoms with E-state index in [1.165, 1.54) is 0 Å². The van der Waals surface area contributed by atoms with Crippen molar-refractivity contribution in [2.75, 3.05) is 6.54 Å². The minimum absolute atomic E-state index is 0.136. The van der Waals surface area contributed by atoms with Crippen LogP contribution >= 0.6 is 15.9 Å². The first-order chi connectivity index (χ1) is 12.6. The van der Waals surface area contributed by atoms with Gasteiger partial charge in [-0.05, 0) is 47.0 Å². The minimum Gasteiger partial charge on any atom is -0.369 e. The zero-order valence-corrected chi connectivity index (χ0v) is 15.7. The first-order valence-electron chi connectivity index (χ1n) is 8.21. The zero-order valence-electron chi connectivity index (χ0n) is 14.1. The van der Waals surface area contributed by atoms with Gasteiger partial charge in [-0.2, -0.15) is 0 Å². The van der Waals surface area contributed by atoms with Gasteiger partial charge >= 0.3 is 0 Å². The maximum absolute atomic E-state index is 11.8. The van der Waals surface area contributed by atoms with E-state index in [4.69, 9.17) is 5.73 Å². The maximum Gasteiger partial charge on any atom is 0.231 e. The van der Waals surface area contributed by atoms with Gasteiger partial charge in [-0.15, -0.1) is 0 Å². The number of pyridine rings is 2.